The molecule has 0 saturated carbocycles. The molecule has 0 unspecified atom stereocenters. The molecule has 0 radical (unpaired) electrons. The lowest BCUT2D eigenvalue weighted by Crippen LogP contribution is -2.01. The van der Waals surface area contributed by atoms with Gasteiger partial charge in [-0.3, -0.25) is 0 Å². The second-order valence-electron chi connectivity index (χ2n) is 3.83. The molecule has 0 aromatic heterocycles. The minimum atomic E-state index is -3.73. The van der Waals surface area contributed by atoms with Crippen LogP contribution in [0.2, 0.25) is 0 Å². The van der Waals surface area contributed by atoms with Crippen molar-refractivity contribution in [2.45, 2.75) is 9.79 Å². The first-order chi connectivity index (χ1) is 8.95. The van der Waals surface area contributed by atoms with Crippen molar-refractivity contribution in [1.29, 1.82) is 0 Å². The largest absolute Gasteiger partial charge is 0.504 e. The van der Waals surface area contributed by atoms with Gasteiger partial charge in [-0.25, -0.2) is 8.42 Å². The van der Waals surface area contributed by atoms with Gasteiger partial charge in [-0.15, -0.1) is 0 Å². The molecule has 2 rings (SSSR count). The van der Waals surface area contributed by atoms with Crippen LogP contribution in [-0.4, -0.2) is 25.7 Å². The summed E-state index contributed by atoms with van der Waals surface area (Å²) in [7, 11) is -2.24. The van der Waals surface area contributed by atoms with E-state index >= 15 is 0 Å². The molecule has 0 fully saturated rings. The van der Waals surface area contributed by atoms with E-state index in [1.807, 2.05) is 0 Å². The monoisotopic (exact) mass is 280 g/mol. The lowest BCUT2D eigenvalue weighted by Gasteiger charge is -2.07. The molecule has 0 aliphatic heterocycles. The number of sulfone groups is 1. The molecule has 0 heterocycles. The summed E-state index contributed by atoms with van der Waals surface area (Å²) in [5, 5.41) is 18.5. The predicted octanol–water partition coefficient (Wildman–Crippen LogP) is 1.94. The summed E-state index contributed by atoms with van der Waals surface area (Å²) in [6, 6.07) is 9.27. The summed E-state index contributed by atoms with van der Waals surface area (Å²) >= 11 is 0. The van der Waals surface area contributed by atoms with Crippen molar-refractivity contribution in [1.82, 2.24) is 0 Å². The zero-order valence-electron chi connectivity index (χ0n) is 10.1. The zero-order chi connectivity index (χ0) is 14.0. The van der Waals surface area contributed by atoms with E-state index in [0.29, 0.717) is 5.75 Å². The average molecular weight is 280 g/mol. The maximum absolute atomic E-state index is 12.3. The highest BCUT2D eigenvalue weighted by atomic mass is 32.2. The van der Waals surface area contributed by atoms with Gasteiger partial charge in [0, 0.05) is 6.07 Å². The Bertz CT molecular complexity index is 689. The third-order valence-electron chi connectivity index (χ3n) is 2.63. The molecule has 100 valence electrons. The van der Waals surface area contributed by atoms with E-state index in [4.69, 9.17) is 4.74 Å². The van der Waals surface area contributed by atoms with E-state index < -0.39 is 15.6 Å². The fourth-order valence-electron chi connectivity index (χ4n) is 1.56. The van der Waals surface area contributed by atoms with Gasteiger partial charge in [-0.1, -0.05) is 0 Å². The summed E-state index contributed by atoms with van der Waals surface area (Å²) in [5.74, 6) is -0.296. The molecule has 19 heavy (non-hydrogen) atoms. The van der Waals surface area contributed by atoms with Crippen LogP contribution in [0.15, 0.2) is 52.3 Å². The maximum atomic E-state index is 12.3. The van der Waals surface area contributed by atoms with Crippen LogP contribution in [0.25, 0.3) is 0 Å². The Morgan fingerprint density at radius 3 is 2.00 bits per heavy atom. The molecule has 5 nitrogen and oxygen atoms in total. The van der Waals surface area contributed by atoms with Crippen LogP contribution < -0.4 is 4.74 Å². The molecule has 0 spiro atoms. The predicted molar refractivity (Wildman–Crippen MR) is 68.2 cm³/mol. The molecule has 6 heteroatoms. The molecule has 2 N–H and O–H groups in total. The smallest absolute Gasteiger partial charge is 0.206 e. The van der Waals surface area contributed by atoms with Crippen LogP contribution in [0.4, 0.5) is 0 Å². The van der Waals surface area contributed by atoms with Gasteiger partial charge in [0.1, 0.15) is 5.75 Å². The topological polar surface area (TPSA) is 83.8 Å². The normalized spacial score (nSPS) is 11.2. The van der Waals surface area contributed by atoms with Crippen molar-refractivity contribution in [3.05, 3.63) is 42.5 Å². The van der Waals surface area contributed by atoms with E-state index in [1.165, 1.54) is 37.4 Å². The Hall–Kier alpha value is -2.21. The standard InChI is InChI=1S/C13H12O5S/c1-18-9-2-4-10(5-3-9)19(16,17)11-6-7-12(14)13(15)8-11/h2-8,14-15H,1H3. The number of hydrogen-bond acceptors (Lipinski definition) is 5. The van der Waals surface area contributed by atoms with Crippen LogP contribution in [0.3, 0.4) is 0 Å². The van der Waals surface area contributed by atoms with Gasteiger partial charge in [-0.2, -0.15) is 0 Å². The molecule has 0 amide bonds. The van der Waals surface area contributed by atoms with Crippen molar-refractivity contribution >= 4 is 9.84 Å². The van der Waals surface area contributed by atoms with Crippen LogP contribution in [0.1, 0.15) is 0 Å². The number of hydrogen-bond donors (Lipinski definition) is 2. The molecule has 0 aliphatic carbocycles. The SMILES string of the molecule is COc1ccc(S(=O)(=O)c2ccc(O)c(O)c2)cc1. The highest BCUT2D eigenvalue weighted by Gasteiger charge is 2.19. The third kappa shape index (κ3) is 2.48. The van der Waals surface area contributed by atoms with Crippen molar-refractivity contribution in [2.75, 3.05) is 7.11 Å². The summed E-state index contributed by atoms with van der Waals surface area (Å²) in [5.41, 5.74) is 0. The molecular weight excluding hydrogens is 268 g/mol. The van der Waals surface area contributed by atoms with Crippen LogP contribution in [-0.2, 0) is 9.84 Å². The highest BCUT2D eigenvalue weighted by Crippen LogP contribution is 2.30. The molecule has 0 atom stereocenters. The van der Waals surface area contributed by atoms with Gasteiger partial charge >= 0.3 is 0 Å². The summed E-state index contributed by atoms with van der Waals surface area (Å²) in [6.07, 6.45) is 0. The van der Waals surface area contributed by atoms with Crippen LogP contribution in [0, 0.1) is 0 Å². The molecular formula is C13H12O5S. The fourth-order valence-corrected chi connectivity index (χ4v) is 2.84. The van der Waals surface area contributed by atoms with Crippen molar-refractivity contribution in [2.24, 2.45) is 0 Å². The van der Waals surface area contributed by atoms with E-state index in [9.17, 15) is 18.6 Å². The minimum Gasteiger partial charge on any atom is -0.504 e. The Kier molecular flexibility index (Phi) is 3.35. The number of rotatable bonds is 3. The Labute approximate surface area is 110 Å². The Morgan fingerprint density at radius 1 is 0.895 bits per heavy atom. The number of phenols is 2. The second kappa shape index (κ2) is 4.81. The first kappa shape index (κ1) is 13.2. The first-order valence-corrected chi connectivity index (χ1v) is 6.84. The number of aromatic hydroxyl groups is 2. The lowest BCUT2D eigenvalue weighted by molar-refractivity contribution is 0.402. The third-order valence-corrected chi connectivity index (χ3v) is 4.39. The van der Waals surface area contributed by atoms with Crippen LogP contribution in [0.5, 0.6) is 17.2 Å². The fraction of sp³-hybridized carbons (Fsp3) is 0.0769. The lowest BCUT2D eigenvalue weighted by atomic mass is 10.3. The molecule has 2 aromatic carbocycles. The second-order valence-corrected chi connectivity index (χ2v) is 5.78. The summed E-state index contributed by atoms with van der Waals surface area (Å²) in [4.78, 5) is -0.00800. The zero-order valence-corrected chi connectivity index (χ0v) is 10.9. The van der Waals surface area contributed by atoms with Gasteiger partial charge in [0.25, 0.3) is 0 Å². The molecule has 2 aromatic rings. The first-order valence-electron chi connectivity index (χ1n) is 5.36. The molecule has 0 aliphatic rings. The van der Waals surface area contributed by atoms with Crippen molar-refractivity contribution in [3.8, 4) is 17.2 Å². The summed E-state index contributed by atoms with van der Waals surface area (Å²) in [6.45, 7) is 0. The van der Waals surface area contributed by atoms with Gasteiger partial charge in [-0.05, 0) is 36.4 Å². The average Bonchev–Trinajstić information content (AvgIpc) is 2.41. The van der Waals surface area contributed by atoms with Gasteiger partial charge in [0.05, 0.1) is 16.9 Å². The Morgan fingerprint density at radius 2 is 1.47 bits per heavy atom. The van der Waals surface area contributed by atoms with Gasteiger partial charge < -0.3 is 14.9 Å². The van der Waals surface area contributed by atoms with E-state index in [1.54, 1.807) is 0 Å². The quantitative estimate of drug-likeness (QED) is 0.839. The number of phenolic OH excluding ortho intramolecular Hbond substituents is 2. The minimum absolute atomic E-state index is 0.0818. The van der Waals surface area contributed by atoms with Crippen molar-refractivity contribution < 1.29 is 23.4 Å². The summed E-state index contributed by atoms with van der Waals surface area (Å²) < 4.78 is 29.5. The van der Waals surface area contributed by atoms with E-state index in [0.717, 1.165) is 12.1 Å². The van der Waals surface area contributed by atoms with Crippen molar-refractivity contribution in [3.63, 3.8) is 0 Å². The highest BCUT2D eigenvalue weighted by molar-refractivity contribution is 7.91. The van der Waals surface area contributed by atoms with E-state index in [-0.39, 0.29) is 15.5 Å². The number of ether oxygens (including phenoxy) is 1. The molecule has 0 bridgehead atoms. The van der Waals surface area contributed by atoms with Gasteiger partial charge in [0.2, 0.25) is 9.84 Å². The maximum Gasteiger partial charge on any atom is 0.206 e. The Balaban J connectivity index is 2.48. The number of methoxy groups -OCH3 is 1. The molecule has 0 saturated heterocycles. The van der Waals surface area contributed by atoms with E-state index in [2.05, 4.69) is 0 Å². The van der Waals surface area contributed by atoms with Crippen LogP contribution >= 0.6 is 0 Å². The van der Waals surface area contributed by atoms with Gasteiger partial charge in [0.15, 0.2) is 11.5 Å². The number of benzene rings is 2.